The van der Waals surface area contributed by atoms with Crippen LogP contribution in [0.5, 0.6) is 0 Å². The van der Waals surface area contributed by atoms with Gasteiger partial charge in [-0.2, -0.15) is 0 Å². The van der Waals surface area contributed by atoms with Gasteiger partial charge in [-0.1, -0.05) is 56.3 Å². The Kier molecular flexibility index (Phi) is 5.09. The molecule has 4 N–H and O–H groups in total. The molecule has 0 amide bonds. The van der Waals surface area contributed by atoms with Crippen LogP contribution in [0, 0.1) is 5.41 Å². The second-order valence-corrected chi connectivity index (χ2v) is 11.5. The highest BCUT2D eigenvalue weighted by atomic mass is 32.1. The summed E-state index contributed by atoms with van der Waals surface area (Å²) in [5.41, 5.74) is 14.2. The summed E-state index contributed by atoms with van der Waals surface area (Å²) in [6.45, 7) is 4.80. The average molecular weight is 481 g/mol. The maximum absolute atomic E-state index is 12.4. The molecule has 2 aromatic heterocycles. The van der Waals surface area contributed by atoms with E-state index in [4.69, 9.17) is 5.73 Å². The molecule has 0 radical (unpaired) electrons. The van der Waals surface area contributed by atoms with Gasteiger partial charge in [0.2, 0.25) is 0 Å². The van der Waals surface area contributed by atoms with Crippen molar-refractivity contribution in [3.8, 4) is 21.6 Å². The van der Waals surface area contributed by atoms with Crippen molar-refractivity contribution in [1.82, 2.24) is 4.98 Å². The number of nitrogens with two attached hydrogens (primary N) is 1. The number of fused-ring (bicyclic) bond motifs is 4. The van der Waals surface area contributed by atoms with Gasteiger partial charge in [0.1, 0.15) is 0 Å². The summed E-state index contributed by atoms with van der Waals surface area (Å²) in [7, 11) is 0. The maximum Gasteiger partial charge on any atom is 0.337 e. The molecule has 176 valence electrons. The monoisotopic (exact) mass is 480 g/mol. The molecule has 0 saturated carbocycles. The number of nitrogens with one attached hydrogen (secondary N) is 1. The van der Waals surface area contributed by atoms with Crippen molar-refractivity contribution < 1.29 is 9.90 Å². The number of rotatable bonds is 4. The summed E-state index contributed by atoms with van der Waals surface area (Å²) in [4.78, 5) is 18.0. The van der Waals surface area contributed by atoms with Gasteiger partial charge in [0.15, 0.2) is 0 Å². The van der Waals surface area contributed by atoms with E-state index in [1.807, 2.05) is 6.07 Å². The topological polar surface area (TPSA) is 79.1 Å². The largest absolute Gasteiger partial charge is 0.478 e. The molecule has 0 aliphatic heterocycles. The lowest BCUT2D eigenvalue weighted by molar-refractivity contribution is 0.0696. The number of benzene rings is 3. The summed E-state index contributed by atoms with van der Waals surface area (Å²) in [5.74, 6) is -0.841. The number of carboxylic acid groups (broad SMARTS) is 1. The normalized spacial score (nSPS) is 14.9. The van der Waals surface area contributed by atoms with Crippen molar-refractivity contribution in [2.75, 3.05) is 0 Å². The van der Waals surface area contributed by atoms with Gasteiger partial charge in [-0.05, 0) is 70.7 Å². The first-order valence-electron chi connectivity index (χ1n) is 12.1. The summed E-state index contributed by atoms with van der Waals surface area (Å²) in [6.07, 6.45) is 2.83. The molecule has 0 spiro atoms. The third-order valence-corrected chi connectivity index (χ3v) is 8.72. The Labute approximate surface area is 208 Å². The molecule has 0 atom stereocenters. The Morgan fingerprint density at radius 3 is 2.57 bits per heavy atom. The lowest BCUT2D eigenvalue weighted by atomic mass is 9.76. The zero-order valence-electron chi connectivity index (χ0n) is 19.9. The van der Waals surface area contributed by atoms with Crippen LogP contribution in [0.15, 0.2) is 60.7 Å². The number of H-pyrrole nitrogens is 1. The molecule has 1 aliphatic carbocycles. The van der Waals surface area contributed by atoms with E-state index in [0.717, 1.165) is 63.0 Å². The minimum Gasteiger partial charge on any atom is -0.478 e. The van der Waals surface area contributed by atoms with Crippen molar-refractivity contribution in [1.29, 1.82) is 0 Å². The van der Waals surface area contributed by atoms with Gasteiger partial charge in [0, 0.05) is 38.1 Å². The van der Waals surface area contributed by atoms with Crippen molar-refractivity contribution in [2.45, 2.75) is 39.7 Å². The van der Waals surface area contributed by atoms with Gasteiger partial charge in [-0.3, -0.25) is 0 Å². The summed E-state index contributed by atoms with van der Waals surface area (Å²) in [5, 5.41) is 12.6. The molecule has 0 fully saturated rings. The van der Waals surface area contributed by atoms with Gasteiger partial charge >= 0.3 is 5.97 Å². The van der Waals surface area contributed by atoms with E-state index in [0.29, 0.717) is 12.1 Å². The minimum absolute atomic E-state index is 0.122. The standard InChI is InChI=1S/C30H28N2O2S/c1-30(2)12-11-26-23(15-30)27(29(33)34)28(35-26)20-9-7-17(13-19(20)16-31)18-8-10-22-21-5-3-4-6-24(21)32-25(22)14-18/h3-10,13-14,32H,11-12,15-16,31H2,1-2H3,(H,33,34). The molecular formula is C30H28N2O2S. The Hall–Kier alpha value is -3.41. The second-order valence-electron chi connectivity index (χ2n) is 10.4. The lowest BCUT2D eigenvalue weighted by Gasteiger charge is -2.29. The number of carbonyl (C=O) groups is 1. The highest BCUT2D eigenvalue weighted by Crippen LogP contribution is 2.46. The Bertz CT molecular complexity index is 1620. The molecule has 0 unspecified atom stereocenters. The molecule has 5 heteroatoms. The van der Waals surface area contributed by atoms with E-state index in [-0.39, 0.29) is 5.41 Å². The molecule has 0 bridgehead atoms. The highest BCUT2D eigenvalue weighted by molar-refractivity contribution is 7.16. The van der Waals surface area contributed by atoms with Crippen molar-refractivity contribution >= 4 is 39.1 Å². The fourth-order valence-corrected chi connectivity index (χ4v) is 6.90. The van der Waals surface area contributed by atoms with Crippen LogP contribution in [-0.2, 0) is 19.4 Å². The second kappa shape index (κ2) is 8.08. The molecule has 3 aromatic carbocycles. The van der Waals surface area contributed by atoms with Crippen LogP contribution in [0.3, 0.4) is 0 Å². The van der Waals surface area contributed by atoms with Gasteiger partial charge in [-0.15, -0.1) is 11.3 Å². The van der Waals surface area contributed by atoms with E-state index in [1.165, 1.54) is 15.6 Å². The zero-order valence-corrected chi connectivity index (χ0v) is 20.8. The van der Waals surface area contributed by atoms with Crippen molar-refractivity contribution in [2.24, 2.45) is 11.1 Å². The average Bonchev–Trinajstić information content (AvgIpc) is 3.40. The van der Waals surface area contributed by atoms with E-state index in [9.17, 15) is 9.90 Å². The maximum atomic E-state index is 12.4. The number of hydrogen-bond acceptors (Lipinski definition) is 3. The van der Waals surface area contributed by atoms with E-state index < -0.39 is 5.97 Å². The number of hydrogen-bond donors (Lipinski definition) is 3. The molecule has 2 heterocycles. The quantitative estimate of drug-likeness (QED) is 0.251. The van der Waals surface area contributed by atoms with Crippen LogP contribution in [0.2, 0.25) is 0 Å². The van der Waals surface area contributed by atoms with Crippen LogP contribution in [0.25, 0.3) is 43.4 Å². The van der Waals surface area contributed by atoms with Crippen LogP contribution >= 0.6 is 11.3 Å². The van der Waals surface area contributed by atoms with E-state index in [1.54, 1.807) is 11.3 Å². The lowest BCUT2D eigenvalue weighted by Crippen LogP contribution is -2.22. The first-order valence-corrected chi connectivity index (χ1v) is 12.9. The third kappa shape index (κ3) is 3.67. The fraction of sp³-hybridized carbons (Fsp3) is 0.233. The van der Waals surface area contributed by atoms with Crippen LogP contribution in [-0.4, -0.2) is 16.1 Å². The van der Waals surface area contributed by atoms with E-state index >= 15 is 0 Å². The first-order chi connectivity index (χ1) is 16.8. The molecule has 35 heavy (non-hydrogen) atoms. The highest BCUT2D eigenvalue weighted by Gasteiger charge is 2.33. The molecular weight excluding hydrogens is 452 g/mol. The zero-order chi connectivity index (χ0) is 24.3. The predicted octanol–water partition coefficient (Wildman–Crippen LogP) is 7.39. The van der Waals surface area contributed by atoms with Crippen molar-refractivity contribution in [3.05, 3.63) is 82.2 Å². The Morgan fingerprint density at radius 2 is 1.77 bits per heavy atom. The Balaban J connectivity index is 1.46. The number of thiophene rings is 1. The number of carboxylic acids is 1. The van der Waals surface area contributed by atoms with Crippen LogP contribution < -0.4 is 5.73 Å². The summed E-state index contributed by atoms with van der Waals surface area (Å²) in [6, 6.07) is 21.1. The number of aromatic nitrogens is 1. The summed E-state index contributed by atoms with van der Waals surface area (Å²) >= 11 is 1.64. The van der Waals surface area contributed by atoms with E-state index in [2.05, 4.69) is 73.4 Å². The fourth-order valence-electron chi connectivity index (χ4n) is 5.53. The molecule has 0 saturated heterocycles. The molecule has 1 aliphatic rings. The number of aromatic amines is 1. The predicted molar refractivity (Wildman–Crippen MR) is 145 cm³/mol. The number of aryl methyl sites for hydroxylation is 1. The van der Waals surface area contributed by atoms with Crippen LogP contribution in [0.4, 0.5) is 0 Å². The van der Waals surface area contributed by atoms with Crippen LogP contribution in [0.1, 0.15) is 46.6 Å². The van der Waals surface area contributed by atoms with Crippen molar-refractivity contribution in [3.63, 3.8) is 0 Å². The minimum atomic E-state index is -0.841. The molecule has 6 rings (SSSR count). The number of para-hydroxylation sites is 1. The van der Waals surface area contributed by atoms with Gasteiger partial charge in [-0.25, -0.2) is 4.79 Å². The first kappa shape index (κ1) is 22.1. The van der Waals surface area contributed by atoms with Gasteiger partial charge in [0.25, 0.3) is 0 Å². The SMILES string of the molecule is CC1(C)CCc2sc(-c3ccc(-c4ccc5c(c4)[nH]c4ccccc45)cc3CN)c(C(=O)O)c2C1. The summed E-state index contributed by atoms with van der Waals surface area (Å²) < 4.78 is 0. The third-order valence-electron chi connectivity index (χ3n) is 7.40. The smallest absolute Gasteiger partial charge is 0.337 e. The number of aromatic carboxylic acids is 1. The molecule has 4 nitrogen and oxygen atoms in total. The van der Waals surface area contributed by atoms with Gasteiger partial charge < -0.3 is 15.8 Å². The molecule has 5 aromatic rings. The van der Waals surface area contributed by atoms with Gasteiger partial charge in [0.05, 0.1) is 5.56 Å². The Morgan fingerprint density at radius 1 is 1.03 bits per heavy atom.